The Morgan fingerprint density at radius 2 is 1.35 bits per heavy atom. The Morgan fingerprint density at radius 1 is 0.885 bits per heavy atom. The molecule has 0 unspecified atom stereocenters. The van der Waals surface area contributed by atoms with E-state index in [4.69, 9.17) is 0 Å². The van der Waals surface area contributed by atoms with Gasteiger partial charge in [-0.1, -0.05) is 6.92 Å². The lowest BCUT2D eigenvalue weighted by molar-refractivity contribution is -0.162. The number of benzene rings is 1. The van der Waals surface area contributed by atoms with Crippen LogP contribution < -0.4 is 5.32 Å². The summed E-state index contributed by atoms with van der Waals surface area (Å²) in [7, 11) is 3.29. The van der Waals surface area contributed by atoms with Crippen LogP contribution in [0.3, 0.4) is 0 Å². The van der Waals surface area contributed by atoms with E-state index in [1.165, 1.54) is 31.2 Å². The molecule has 0 aromatic heterocycles. The molecule has 9 heteroatoms. The third kappa shape index (κ3) is 4.95. The predicted octanol–water partition coefficient (Wildman–Crippen LogP) is 0.262. The first kappa shape index (κ1) is 20.9. The van der Waals surface area contributed by atoms with Gasteiger partial charge in [0, 0.05) is 11.5 Å². The summed E-state index contributed by atoms with van der Waals surface area (Å²) in [6, 6.07) is 3.99. The van der Waals surface area contributed by atoms with Crippen molar-refractivity contribution in [2.75, 3.05) is 21.3 Å². The highest BCUT2D eigenvalue weighted by atomic mass is 16.5. The third-order valence-electron chi connectivity index (χ3n) is 3.83. The maximum Gasteiger partial charge on any atom is 0.328 e. The molecule has 0 heterocycles. The second-order valence-electron chi connectivity index (χ2n) is 5.40. The van der Waals surface area contributed by atoms with Crippen molar-refractivity contribution in [3.05, 3.63) is 29.8 Å². The summed E-state index contributed by atoms with van der Waals surface area (Å²) in [4.78, 5) is 48.4. The van der Waals surface area contributed by atoms with Gasteiger partial charge in [0.15, 0.2) is 5.92 Å². The summed E-state index contributed by atoms with van der Waals surface area (Å²) in [5.74, 6) is -5.79. The molecule has 0 saturated carbocycles. The van der Waals surface area contributed by atoms with Crippen molar-refractivity contribution in [2.45, 2.75) is 13.0 Å². The Hall–Kier alpha value is -3.10. The first-order valence-corrected chi connectivity index (χ1v) is 7.60. The highest BCUT2D eigenvalue weighted by molar-refractivity contribution is 5.99. The van der Waals surface area contributed by atoms with Gasteiger partial charge >= 0.3 is 17.9 Å². The fourth-order valence-electron chi connectivity index (χ4n) is 2.34. The van der Waals surface area contributed by atoms with Crippen LogP contribution in [0.5, 0.6) is 5.75 Å². The van der Waals surface area contributed by atoms with E-state index in [-0.39, 0.29) is 11.3 Å². The van der Waals surface area contributed by atoms with Gasteiger partial charge in [-0.3, -0.25) is 14.4 Å². The van der Waals surface area contributed by atoms with Gasteiger partial charge in [-0.25, -0.2) is 4.79 Å². The lowest BCUT2D eigenvalue weighted by atomic mass is 9.87. The lowest BCUT2D eigenvalue weighted by Gasteiger charge is -2.27. The minimum atomic E-state index is -1.44. The smallest absolute Gasteiger partial charge is 0.328 e. The van der Waals surface area contributed by atoms with E-state index in [0.717, 1.165) is 21.3 Å². The normalized spacial score (nSPS) is 12.7. The van der Waals surface area contributed by atoms with Crippen LogP contribution in [0.1, 0.15) is 17.3 Å². The fourth-order valence-corrected chi connectivity index (χ4v) is 2.34. The quantitative estimate of drug-likeness (QED) is 0.399. The van der Waals surface area contributed by atoms with Gasteiger partial charge < -0.3 is 24.6 Å². The van der Waals surface area contributed by atoms with Crippen LogP contribution in [0.4, 0.5) is 0 Å². The van der Waals surface area contributed by atoms with Crippen LogP contribution in [-0.4, -0.2) is 56.3 Å². The van der Waals surface area contributed by atoms with Crippen LogP contribution in [0.15, 0.2) is 24.3 Å². The number of esters is 3. The van der Waals surface area contributed by atoms with Crippen molar-refractivity contribution in [3.63, 3.8) is 0 Å². The molecule has 142 valence electrons. The van der Waals surface area contributed by atoms with Crippen molar-refractivity contribution in [1.29, 1.82) is 0 Å². The minimum absolute atomic E-state index is 0.0316. The van der Waals surface area contributed by atoms with Gasteiger partial charge in [0.1, 0.15) is 11.8 Å². The number of carbonyl (C=O) groups is 4. The van der Waals surface area contributed by atoms with E-state index in [1.54, 1.807) is 0 Å². The SMILES string of the molecule is COC(=O)C(C(=O)OC)[C@H](C)[C@H](NC(=O)c1ccc(O)cc1)C(=O)OC. The molecule has 1 amide bonds. The number of hydrogen-bond acceptors (Lipinski definition) is 8. The Balaban J connectivity index is 3.12. The minimum Gasteiger partial charge on any atom is -0.508 e. The molecule has 1 rings (SSSR count). The topological polar surface area (TPSA) is 128 Å². The highest BCUT2D eigenvalue weighted by Gasteiger charge is 2.42. The van der Waals surface area contributed by atoms with Gasteiger partial charge in [0.2, 0.25) is 0 Å². The summed E-state index contributed by atoms with van der Waals surface area (Å²) in [5, 5.41) is 11.7. The Labute approximate surface area is 150 Å². The summed E-state index contributed by atoms with van der Waals surface area (Å²) in [6.45, 7) is 1.41. The number of carbonyl (C=O) groups excluding carboxylic acids is 4. The number of phenols is 1. The molecule has 0 radical (unpaired) electrons. The second kappa shape index (κ2) is 9.40. The average Bonchev–Trinajstić information content (AvgIpc) is 2.65. The number of ether oxygens (including phenoxy) is 3. The number of nitrogens with one attached hydrogen (secondary N) is 1. The molecule has 0 saturated heterocycles. The van der Waals surface area contributed by atoms with E-state index >= 15 is 0 Å². The number of methoxy groups -OCH3 is 3. The van der Waals surface area contributed by atoms with E-state index in [2.05, 4.69) is 19.5 Å². The van der Waals surface area contributed by atoms with Crippen molar-refractivity contribution in [2.24, 2.45) is 11.8 Å². The first-order chi connectivity index (χ1) is 12.3. The lowest BCUT2D eigenvalue weighted by Crippen LogP contribution is -2.51. The van der Waals surface area contributed by atoms with Crippen LogP contribution in [0.25, 0.3) is 0 Å². The molecule has 1 aromatic rings. The van der Waals surface area contributed by atoms with Gasteiger partial charge in [0.05, 0.1) is 21.3 Å². The molecule has 0 bridgehead atoms. The standard InChI is InChI=1S/C17H21NO8/c1-9(12(15(21)24-2)16(22)25-3)13(17(23)26-4)18-14(20)10-5-7-11(19)8-6-10/h5-9,12-13,19H,1-4H3,(H,18,20)/t9-,13-/m0/s1. The molecule has 0 aliphatic heterocycles. The van der Waals surface area contributed by atoms with E-state index < -0.39 is 41.7 Å². The molecule has 26 heavy (non-hydrogen) atoms. The Morgan fingerprint density at radius 3 is 1.77 bits per heavy atom. The van der Waals surface area contributed by atoms with Gasteiger partial charge in [0.25, 0.3) is 5.91 Å². The van der Waals surface area contributed by atoms with Gasteiger partial charge in [-0.15, -0.1) is 0 Å². The number of amides is 1. The zero-order valence-corrected chi connectivity index (χ0v) is 14.8. The summed E-state index contributed by atoms with van der Waals surface area (Å²) in [6.07, 6.45) is 0. The molecule has 0 aliphatic rings. The largest absolute Gasteiger partial charge is 0.508 e. The second-order valence-corrected chi connectivity index (χ2v) is 5.40. The van der Waals surface area contributed by atoms with Gasteiger partial charge in [-0.05, 0) is 24.3 Å². The Bertz CT molecular complexity index is 654. The fraction of sp³-hybridized carbons (Fsp3) is 0.412. The maximum atomic E-state index is 12.4. The molecular formula is C17H21NO8. The number of aromatic hydroxyl groups is 1. The van der Waals surface area contributed by atoms with Crippen LogP contribution in [-0.2, 0) is 28.6 Å². The monoisotopic (exact) mass is 367 g/mol. The molecule has 0 spiro atoms. The summed E-state index contributed by atoms with van der Waals surface area (Å²) >= 11 is 0. The zero-order chi connectivity index (χ0) is 19.9. The molecule has 2 atom stereocenters. The van der Waals surface area contributed by atoms with Crippen LogP contribution in [0, 0.1) is 11.8 Å². The van der Waals surface area contributed by atoms with Crippen molar-refractivity contribution >= 4 is 23.8 Å². The molecule has 0 aliphatic carbocycles. The summed E-state index contributed by atoms with van der Waals surface area (Å²) < 4.78 is 13.8. The van der Waals surface area contributed by atoms with E-state index in [0.29, 0.717) is 0 Å². The van der Waals surface area contributed by atoms with Gasteiger partial charge in [-0.2, -0.15) is 0 Å². The highest BCUT2D eigenvalue weighted by Crippen LogP contribution is 2.21. The molecule has 9 nitrogen and oxygen atoms in total. The number of hydrogen-bond donors (Lipinski definition) is 2. The van der Waals surface area contributed by atoms with E-state index in [1.807, 2.05) is 0 Å². The number of phenolic OH excluding ortho intramolecular Hbond substituents is 1. The zero-order valence-electron chi connectivity index (χ0n) is 14.8. The molecule has 1 aromatic carbocycles. The molecular weight excluding hydrogens is 346 g/mol. The van der Waals surface area contributed by atoms with Crippen LogP contribution in [0.2, 0.25) is 0 Å². The third-order valence-corrected chi connectivity index (χ3v) is 3.83. The number of rotatable bonds is 7. The van der Waals surface area contributed by atoms with Crippen molar-refractivity contribution in [1.82, 2.24) is 5.32 Å². The van der Waals surface area contributed by atoms with Crippen molar-refractivity contribution in [3.8, 4) is 5.75 Å². The first-order valence-electron chi connectivity index (χ1n) is 7.60. The van der Waals surface area contributed by atoms with E-state index in [9.17, 15) is 24.3 Å². The average molecular weight is 367 g/mol. The Kier molecular flexibility index (Phi) is 7.57. The van der Waals surface area contributed by atoms with Crippen molar-refractivity contribution < 1.29 is 38.5 Å². The van der Waals surface area contributed by atoms with Crippen LogP contribution >= 0.6 is 0 Å². The molecule has 0 fully saturated rings. The predicted molar refractivity (Wildman–Crippen MR) is 88.1 cm³/mol. The maximum absolute atomic E-state index is 12.4. The summed E-state index contributed by atoms with van der Waals surface area (Å²) in [5.41, 5.74) is 0.164. The molecule has 2 N–H and O–H groups in total.